The van der Waals surface area contributed by atoms with Gasteiger partial charge >= 0.3 is 0 Å². The van der Waals surface area contributed by atoms with E-state index in [1.165, 1.54) is 24.0 Å². The monoisotopic (exact) mass is 487 g/mol. The fourth-order valence-corrected chi connectivity index (χ4v) is 5.58. The molecular weight excluding hydrogens is 450 g/mol. The zero-order valence-electron chi connectivity index (χ0n) is 21.6. The molecule has 3 aromatic rings. The quantitative estimate of drug-likeness (QED) is 0.542. The lowest BCUT2D eigenvalue weighted by molar-refractivity contribution is -0.126. The molecule has 7 nitrogen and oxygen atoms in total. The summed E-state index contributed by atoms with van der Waals surface area (Å²) in [5.41, 5.74) is 6.36. The van der Waals surface area contributed by atoms with E-state index < -0.39 is 0 Å². The molecule has 0 radical (unpaired) electrons. The van der Waals surface area contributed by atoms with Crippen LogP contribution in [0, 0.1) is 19.8 Å². The van der Waals surface area contributed by atoms with Gasteiger partial charge < -0.3 is 20.1 Å². The molecule has 5 rings (SSSR count). The van der Waals surface area contributed by atoms with Crippen molar-refractivity contribution in [3.63, 3.8) is 0 Å². The Morgan fingerprint density at radius 3 is 2.31 bits per heavy atom. The summed E-state index contributed by atoms with van der Waals surface area (Å²) in [6.45, 7) is 6.57. The van der Waals surface area contributed by atoms with Crippen LogP contribution in [0.15, 0.2) is 36.4 Å². The third-order valence-electron chi connectivity index (χ3n) is 7.98. The lowest BCUT2D eigenvalue weighted by Gasteiger charge is -2.33. The predicted molar refractivity (Wildman–Crippen MR) is 143 cm³/mol. The van der Waals surface area contributed by atoms with Crippen molar-refractivity contribution in [3.05, 3.63) is 58.7 Å². The van der Waals surface area contributed by atoms with Gasteiger partial charge in [0.15, 0.2) is 0 Å². The summed E-state index contributed by atoms with van der Waals surface area (Å²) in [7, 11) is 1.64. The topological polar surface area (TPSA) is 79.3 Å². The van der Waals surface area contributed by atoms with Crippen molar-refractivity contribution in [1.82, 2.24) is 20.2 Å². The van der Waals surface area contributed by atoms with Gasteiger partial charge in [0.25, 0.3) is 5.91 Å². The number of piperidine rings is 1. The van der Waals surface area contributed by atoms with Gasteiger partial charge in [-0.05, 0) is 80.5 Å². The van der Waals surface area contributed by atoms with E-state index in [4.69, 9.17) is 4.98 Å². The number of carbonyl (C=O) groups is 2. The highest BCUT2D eigenvalue weighted by Gasteiger charge is 2.29. The van der Waals surface area contributed by atoms with Crippen molar-refractivity contribution in [3.8, 4) is 0 Å². The van der Waals surface area contributed by atoms with Gasteiger partial charge in [-0.2, -0.15) is 0 Å². The lowest BCUT2D eigenvalue weighted by atomic mass is 9.95. The van der Waals surface area contributed by atoms with Crippen LogP contribution in [0.4, 0.5) is 5.95 Å². The fourth-order valence-electron chi connectivity index (χ4n) is 5.58. The molecule has 7 heteroatoms. The number of anilines is 1. The number of nitrogens with zero attached hydrogens (tertiary/aromatic N) is 3. The zero-order chi connectivity index (χ0) is 25.2. The highest BCUT2D eigenvalue weighted by molar-refractivity contribution is 5.94. The molecule has 1 aromatic heterocycles. The maximum Gasteiger partial charge on any atom is 0.251 e. The maximum absolute atomic E-state index is 12.8. The molecule has 2 aliphatic rings. The molecule has 2 amide bonds. The van der Waals surface area contributed by atoms with Crippen LogP contribution < -0.4 is 15.5 Å². The number of aryl methyl sites for hydroxylation is 2. The first-order valence-corrected chi connectivity index (χ1v) is 13.3. The summed E-state index contributed by atoms with van der Waals surface area (Å²) in [5.74, 6) is 1.19. The molecular formula is C29H37N5O2. The van der Waals surface area contributed by atoms with Crippen LogP contribution in [0.2, 0.25) is 0 Å². The summed E-state index contributed by atoms with van der Waals surface area (Å²) < 4.78 is 2.29. The number of hydrogen-bond acceptors (Lipinski definition) is 4. The molecule has 190 valence electrons. The summed E-state index contributed by atoms with van der Waals surface area (Å²) >= 11 is 0. The minimum absolute atomic E-state index is 0.0822. The van der Waals surface area contributed by atoms with Gasteiger partial charge in [-0.25, -0.2) is 4.98 Å². The normalized spacial score (nSPS) is 17.0. The first-order valence-electron chi connectivity index (χ1n) is 13.3. The molecule has 0 atom stereocenters. The Balaban J connectivity index is 1.37. The average Bonchev–Trinajstić information content (AvgIpc) is 3.52. The van der Waals surface area contributed by atoms with Gasteiger partial charge in [-0.1, -0.05) is 25.0 Å². The summed E-state index contributed by atoms with van der Waals surface area (Å²) in [4.78, 5) is 32.2. The van der Waals surface area contributed by atoms with Crippen molar-refractivity contribution in [2.75, 3.05) is 25.0 Å². The van der Waals surface area contributed by atoms with Gasteiger partial charge in [0.05, 0.1) is 17.6 Å². The van der Waals surface area contributed by atoms with E-state index in [0.717, 1.165) is 61.3 Å². The number of benzene rings is 2. The Bertz CT molecular complexity index is 1250. The Morgan fingerprint density at radius 2 is 1.64 bits per heavy atom. The highest BCUT2D eigenvalue weighted by atomic mass is 16.2. The standard InChI is InChI=1S/C29H37N5O2/c1-19-16-25-26(17-20(19)2)34(18-21-8-10-22(11-9-21)27(35)30-3)29(32-25)33-14-12-23(13-15-33)28(36)31-24-6-4-5-7-24/h8-11,16-17,23-24H,4-7,12-15,18H2,1-3H3,(H,30,35)(H,31,36). The van der Waals surface area contributed by atoms with Crippen LogP contribution in [-0.2, 0) is 11.3 Å². The highest BCUT2D eigenvalue weighted by Crippen LogP contribution is 2.30. The molecule has 2 heterocycles. The Labute approximate surface area is 213 Å². The number of carbonyl (C=O) groups excluding carboxylic acids is 2. The molecule has 2 fully saturated rings. The largest absolute Gasteiger partial charge is 0.355 e. The molecule has 2 aromatic carbocycles. The Hall–Kier alpha value is -3.35. The third kappa shape index (κ3) is 4.97. The van der Waals surface area contributed by atoms with Crippen molar-refractivity contribution < 1.29 is 9.59 Å². The van der Waals surface area contributed by atoms with Crippen LogP contribution in [0.25, 0.3) is 11.0 Å². The number of rotatable bonds is 6. The molecule has 1 aliphatic carbocycles. The molecule has 0 unspecified atom stereocenters. The van der Waals surface area contributed by atoms with Crippen molar-refractivity contribution >= 4 is 28.8 Å². The van der Waals surface area contributed by atoms with Crippen molar-refractivity contribution in [1.29, 1.82) is 0 Å². The van der Waals surface area contributed by atoms with E-state index in [9.17, 15) is 9.59 Å². The first kappa shape index (κ1) is 24.3. The Kier molecular flexibility index (Phi) is 6.99. The Morgan fingerprint density at radius 1 is 0.972 bits per heavy atom. The smallest absolute Gasteiger partial charge is 0.251 e. The third-order valence-corrected chi connectivity index (χ3v) is 7.98. The molecule has 1 aliphatic heterocycles. The van der Waals surface area contributed by atoms with E-state index in [-0.39, 0.29) is 17.7 Å². The number of imidazole rings is 1. The molecule has 0 spiro atoms. The van der Waals surface area contributed by atoms with E-state index in [2.05, 4.69) is 46.1 Å². The van der Waals surface area contributed by atoms with E-state index >= 15 is 0 Å². The number of nitrogens with one attached hydrogen (secondary N) is 2. The van der Waals surface area contributed by atoms with Gasteiger partial charge in [0.2, 0.25) is 11.9 Å². The van der Waals surface area contributed by atoms with Crippen molar-refractivity contribution in [2.24, 2.45) is 5.92 Å². The van der Waals surface area contributed by atoms with Gasteiger partial charge in [-0.3, -0.25) is 9.59 Å². The molecule has 2 N–H and O–H groups in total. The minimum atomic E-state index is -0.0822. The molecule has 0 bridgehead atoms. The van der Waals surface area contributed by atoms with E-state index in [1.807, 2.05) is 24.3 Å². The summed E-state index contributed by atoms with van der Waals surface area (Å²) in [6, 6.07) is 12.5. The molecule has 1 saturated heterocycles. The van der Waals surface area contributed by atoms with Crippen LogP contribution in [0.3, 0.4) is 0 Å². The second kappa shape index (κ2) is 10.3. The number of hydrogen-bond donors (Lipinski definition) is 2. The zero-order valence-corrected chi connectivity index (χ0v) is 21.6. The second-order valence-electron chi connectivity index (χ2n) is 10.5. The number of aromatic nitrogens is 2. The average molecular weight is 488 g/mol. The number of amides is 2. The minimum Gasteiger partial charge on any atom is -0.355 e. The lowest BCUT2D eigenvalue weighted by Crippen LogP contribution is -2.43. The van der Waals surface area contributed by atoms with E-state index in [0.29, 0.717) is 18.2 Å². The summed E-state index contributed by atoms with van der Waals surface area (Å²) in [5, 5.41) is 5.97. The predicted octanol–water partition coefficient (Wildman–Crippen LogP) is 4.34. The van der Waals surface area contributed by atoms with Gasteiger partial charge in [0, 0.05) is 37.7 Å². The van der Waals surface area contributed by atoms with Crippen LogP contribution in [0.1, 0.15) is 65.6 Å². The van der Waals surface area contributed by atoms with Crippen LogP contribution >= 0.6 is 0 Å². The maximum atomic E-state index is 12.8. The fraction of sp³-hybridized carbons (Fsp3) is 0.483. The van der Waals surface area contributed by atoms with Gasteiger partial charge in [0.1, 0.15) is 0 Å². The second-order valence-corrected chi connectivity index (χ2v) is 10.5. The van der Waals surface area contributed by atoms with Crippen molar-refractivity contribution in [2.45, 2.75) is 65.0 Å². The number of fused-ring (bicyclic) bond motifs is 1. The molecule has 36 heavy (non-hydrogen) atoms. The van der Waals surface area contributed by atoms with Crippen LogP contribution in [-0.4, -0.2) is 47.5 Å². The molecule has 1 saturated carbocycles. The van der Waals surface area contributed by atoms with E-state index in [1.54, 1.807) is 7.05 Å². The van der Waals surface area contributed by atoms with Gasteiger partial charge in [-0.15, -0.1) is 0 Å². The summed E-state index contributed by atoms with van der Waals surface area (Å²) in [6.07, 6.45) is 6.40. The first-order chi connectivity index (χ1) is 17.4. The SMILES string of the molecule is CNC(=O)c1ccc(Cn2c(N3CCC(C(=O)NC4CCCC4)CC3)nc3cc(C)c(C)cc32)cc1. The van der Waals surface area contributed by atoms with Crippen LogP contribution in [0.5, 0.6) is 0 Å².